The number of nitrogens with two attached hydrogens (primary N) is 1. The van der Waals surface area contributed by atoms with Crippen LogP contribution in [0.1, 0.15) is 5.56 Å². The molecule has 3 rings (SSSR count). The van der Waals surface area contributed by atoms with Gasteiger partial charge >= 0.3 is 0 Å². The lowest BCUT2D eigenvalue weighted by atomic mass is 10.1. The van der Waals surface area contributed by atoms with Crippen LogP contribution in [-0.4, -0.2) is 20.3 Å². The fourth-order valence-electron chi connectivity index (χ4n) is 2.37. The van der Waals surface area contributed by atoms with Crippen molar-refractivity contribution in [3.8, 4) is 11.5 Å². The number of fused-ring (bicyclic) bond motifs is 1. The Morgan fingerprint density at radius 2 is 1.70 bits per heavy atom. The zero-order valence-electron chi connectivity index (χ0n) is 11.5. The zero-order chi connectivity index (χ0) is 13.9. The van der Waals surface area contributed by atoms with Crippen LogP contribution in [0, 0.1) is 0 Å². The van der Waals surface area contributed by atoms with E-state index in [1.54, 1.807) is 0 Å². The summed E-state index contributed by atoms with van der Waals surface area (Å²) in [7, 11) is 2.02. The van der Waals surface area contributed by atoms with Crippen molar-refractivity contribution >= 4 is 11.4 Å². The van der Waals surface area contributed by atoms with Crippen LogP contribution >= 0.6 is 0 Å². The molecule has 0 saturated heterocycles. The molecule has 1 aliphatic heterocycles. The van der Waals surface area contributed by atoms with Gasteiger partial charge in [-0.25, -0.2) is 0 Å². The minimum Gasteiger partial charge on any atom is -0.486 e. The van der Waals surface area contributed by atoms with Crippen molar-refractivity contribution < 1.29 is 9.47 Å². The standard InChI is InChI=1S/C16H18N2O2/c1-18(11-12-5-3-2-4-6-12)14-10-16-15(9-13(14)17)19-7-8-20-16/h2-6,9-10H,7-8,11,17H2,1H3. The van der Waals surface area contributed by atoms with Gasteiger partial charge in [0.25, 0.3) is 0 Å². The van der Waals surface area contributed by atoms with Crippen LogP contribution in [0.15, 0.2) is 42.5 Å². The number of nitrogens with zero attached hydrogens (tertiary/aromatic N) is 1. The molecular formula is C16H18N2O2. The van der Waals surface area contributed by atoms with Gasteiger partial charge in [0.2, 0.25) is 0 Å². The highest BCUT2D eigenvalue weighted by Gasteiger charge is 2.16. The summed E-state index contributed by atoms with van der Waals surface area (Å²) in [5, 5.41) is 0. The number of hydrogen-bond donors (Lipinski definition) is 1. The number of hydrogen-bond acceptors (Lipinski definition) is 4. The van der Waals surface area contributed by atoms with Gasteiger partial charge < -0.3 is 20.1 Å². The van der Waals surface area contributed by atoms with E-state index in [2.05, 4.69) is 17.0 Å². The van der Waals surface area contributed by atoms with E-state index in [1.807, 2.05) is 37.4 Å². The van der Waals surface area contributed by atoms with Gasteiger partial charge in [0, 0.05) is 25.7 Å². The Morgan fingerprint density at radius 3 is 2.40 bits per heavy atom. The zero-order valence-corrected chi connectivity index (χ0v) is 11.5. The predicted molar refractivity (Wildman–Crippen MR) is 80.4 cm³/mol. The average Bonchev–Trinajstić information content (AvgIpc) is 2.47. The molecule has 104 valence electrons. The first kappa shape index (κ1) is 12.7. The van der Waals surface area contributed by atoms with Crippen molar-refractivity contribution in [2.45, 2.75) is 6.54 Å². The molecular weight excluding hydrogens is 252 g/mol. The van der Waals surface area contributed by atoms with E-state index in [0.29, 0.717) is 18.9 Å². The molecule has 2 N–H and O–H groups in total. The molecule has 0 saturated carbocycles. The van der Waals surface area contributed by atoms with E-state index in [0.717, 1.165) is 23.7 Å². The van der Waals surface area contributed by atoms with Gasteiger partial charge in [-0.3, -0.25) is 0 Å². The molecule has 0 atom stereocenters. The van der Waals surface area contributed by atoms with Crippen molar-refractivity contribution in [3.05, 3.63) is 48.0 Å². The topological polar surface area (TPSA) is 47.7 Å². The van der Waals surface area contributed by atoms with Crippen molar-refractivity contribution in [2.75, 3.05) is 30.9 Å². The van der Waals surface area contributed by atoms with E-state index < -0.39 is 0 Å². The molecule has 0 radical (unpaired) electrons. The summed E-state index contributed by atoms with van der Waals surface area (Å²) >= 11 is 0. The summed E-state index contributed by atoms with van der Waals surface area (Å²) < 4.78 is 11.1. The summed E-state index contributed by atoms with van der Waals surface area (Å²) in [5.41, 5.74) is 9.02. The Balaban J connectivity index is 1.86. The third-order valence-electron chi connectivity index (χ3n) is 3.37. The van der Waals surface area contributed by atoms with Crippen LogP contribution in [-0.2, 0) is 6.54 Å². The minimum atomic E-state index is 0.575. The van der Waals surface area contributed by atoms with E-state index in [-0.39, 0.29) is 0 Å². The number of rotatable bonds is 3. The van der Waals surface area contributed by atoms with Crippen molar-refractivity contribution in [1.29, 1.82) is 0 Å². The fraction of sp³-hybridized carbons (Fsp3) is 0.250. The molecule has 0 spiro atoms. The fourth-order valence-corrected chi connectivity index (χ4v) is 2.37. The number of nitrogen functional groups attached to an aromatic ring is 1. The van der Waals surface area contributed by atoms with Crippen molar-refractivity contribution in [3.63, 3.8) is 0 Å². The Hall–Kier alpha value is -2.36. The average molecular weight is 270 g/mol. The van der Waals surface area contributed by atoms with Crippen LogP contribution < -0.4 is 20.1 Å². The van der Waals surface area contributed by atoms with Gasteiger partial charge in [-0.05, 0) is 5.56 Å². The first-order valence-corrected chi connectivity index (χ1v) is 6.68. The summed E-state index contributed by atoms with van der Waals surface area (Å²) in [4.78, 5) is 2.11. The van der Waals surface area contributed by atoms with Crippen LogP contribution in [0.25, 0.3) is 0 Å². The largest absolute Gasteiger partial charge is 0.486 e. The van der Waals surface area contributed by atoms with Gasteiger partial charge in [-0.1, -0.05) is 30.3 Å². The second kappa shape index (κ2) is 5.33. The lowest BCUT2D eigenvalue weighted by molar-refractivity contribution is 0.172. The maximum Gasteiger partial charge on any atom is 0.163 e. The van der Waals surface area contributed by atoms with E-state index >= 15 is 0 Å². The second-order valence-electron chi connectivity index (χ2n) is 4.90. The minimum absolute atomic E-state index is 0.575. The molecule has 1 aliphatic rings. The molecule has 2 aromatic rings. The lowest BCUT2D eigenvalue weighted by Crippen LogP contribution is -2.20. The van der Waals surface area contributed by atoms with Crippen molar-refractivity contribution in [2.24, 2.45) is 0 Å². The van der Waals surface area contributed by atoms with Gasteiger partial charge in [0.05, 0.1) is 11.4 Å². The Morgan fingerprint density at radius 1 is 1.05 bits per heavy atom. The van der Waals surface area contributed by atoms with E-state index in [1.165, 1.54) is 5.56 Å². The summed E-state index contributed by atoms with van der Waals surface area (Å²) in [5.74, 6) is 1.49. The SMILES string of the molecule is CN(Cc1ccccc1)c1cc2c(cc1N)OCCO2. The van der Waals surface area contributed by atoms with Gasteiger partial charge in [-0.15, -0.1) is 0 Å². The van der Waals surface area contributed by atoms with Crippen LogP contribution in [0.5, 0.6) is 11.5 Å². The molecule has 1 heterocycles. The first-order valence-electron chi connectivity index (χ1n) is 6.68. The third-order valence-corrected chi connectivity index (χ3v) is 3.37. The molecule has 20 heavy (non-hydrogen) atoms. The Kier molecular flexibility index (Phi) is 3.37. The summed E-state index contributed by atoms with van der Waals surface area (Å²) in [6, 6.07) is 14.1. The molecule has 4 heteroatoms. The lowest BCUT2D eigenvalue weighted by Gasteiger charge is -2.25. The van der Waals surface area contributed by atoms with Crippen molar-refractivity contribution in [1.82, 2.24) is 0 Å². The van der Waals surface area contributed by atoms with Crippen LogP contribution in [0.2, 0.25) is 0 Å². The van der Waals surface area contributed by atoms with Crippen LogP contribution in [0.4, 0.5) is 11.4 Å². The highest BCUT2D eigenvalue weighted by atomic mass is 16.6. The molecule has 2 aromatic carbocycles. The molecule has 4 nitrogen and oxygen atoms in total. The van der Waals surface area contributed by atoms with Gasteiger partial charge in [-0.2, -0.15) is 0 Å². The normalized spacial score (nSPS) is 13.1. The number of benzene rings is 2. The van der Waals surface area contributed by atoms with Gasteiger partial charge in [0.1, 0.15) is 13.2 Å². The third kappa shape index (κ3) is 2.50. The Bertz CT molecular complexity index is 599. The quantitative estimate of drug-likeness (QED) is 0.871. The number of anilines is 2. The molecule has 0 aromatic heterocycles. The summed E-state index contributed by atoms with van der Waals surface area (Å²) in [6.45, 7) is 1.95. The molecule has 0 unspecified atom stereocenters. The monoisotopic (exact) mass is 270 g/mol. The molecule has 0 bridgehead atoms. The first-order chi connectivity index (χ1) is 9.74. The molecule has 0 fully saturated rings. The van der Waals surface area contributed by atoms with E-state index in [9.17, 15) is 0 Å². The predicted octanol–water partition coefficient (Wildman–Crippen LogP) is 2.68. The maximum absolute atomic E-state index is 6.12. The Labute approximate surface area is 118 Å². The van der Waals surface area contributed by atoms with Crippen LogP contribution in [0.3, 0.4) is 0 Å². The second-order valence-corrected chi connectivity index (χ2v) is 4.90. The summed E-state index contributed by atoms with van der Waals surface area (Å²) in [6.07, 6.45) is 0. The molecule has 0 amide bonds. The smallest absolute Gasteiger partial charge is 0.163 e. The maximum atomic E-state index is 6.12. The number of ether oxygens (including phenoxy) is 2. The highest BCUT2D eigenvalue weighted by Crippen LogP contribution is 2.38. The highest BCUT2D eigenvalue weighted by molar-refractivity contribution is 5.73. The van der Waals surface area contributed by atoms with Gasteiger partial charge in [0.15, 0.2) is 11.5 Å². The van der Waals surface area contributed by atoms with E-state index in [4.69, 9.17) is 15.2 Å². The molecule has 0 aliphatic carbocycles.